The van der Waals surface area contributed by atoms with E-state index in [1.807, 2.05) is 29.1 Å². The molecule has 2 rings (SSSR count). The van der Waals surface area contributed by atoms with Crippen molar-refractivity contribution < 1.29 is 4.79 Å². The van der Waals surface area contributed by atoms with Crippen LogP contribution in [0.5, 0.6) is 0 Å². The van der Waals surface area contributed by atoms with Gasteiger partial charge in [0, 0.05) is 18.3 Å². The van der Waals surface area contributed by atoms with Gasteiger partial charge in [-0.05, 0) is 19.4 Å². The van der Waals surface area contributed by atoms with Gasteiger partial charge >= 0.3 is 0 Å². The molecule has 0 unspecified atom stereocenters. The van der Waals surface area contributed by atoms with E-state index in [9.17, 15) is 4.79 Å². The van der Waals surface area contributed by atoms with Crippen LogP contribution in [0.3, 0.4) is 0 Å². The van der Waals surface area contributed by atoms with E-state index in [1.54, 1.807) is 20.0 Å². The molecule has 0 saturated heterocycles. The largest absolute Gasteiger partial charge is 0.368 e. The van der Waals surface area contributed by atoms with Gasteiger partial charge in [0.2, 0.25) is 5.91 Å². The average molecular weight is 272 g/mol. The van der Waals surface area contributed by atoms with Gasteiger partial charge in [-0.15, -0.1) is 0 Å². The lowest BCUT2D eigenvalue weighted by Gasteiger charge is -2.21. The third kappa shape index (κ3) is 3.68. The number of hydrogen-bond acceptors (Lipinski definition) is 3. The Kier molecular flexibility index (Phi) is 4.20. The standard InChI is InChI=1S/C15H20N4O/c1-15(2,14(16)20)17-8-13-9-18-19(11-13)10-12-6-4-3-5-7-12/h3-7,9,11,17H,8,10H2,1-2H3,(H2,16,20). The molecule has 1 aromatic carbocycles. The Morgan fingerprint density at radius 2 is 2.00 bits per heavy atom. The molecular weight excluding hydrogens is 252 g/mol. The molecular formula is C15H20N4O. The fraction of sp³-hybridized carbons (Fsp3) is 0.333. The summed E-state index contributed by atoms with van der Waals surface area (Å²) < 4.78 is 1.88. The first-order valence-corrected chi connectivity index (χ1v) is 6.57. The van der Waals surface area contributed by atoms with Crippen LogP contribution in [0.15, 0.2) is 42.7 Å². The Morgan fingerprint density at radius 1 is 1.30 bits per heavy atom. The summed E-state index contributed by atoms with van der Waals surface area (Å²) in [6, 6.07) is 10.1. The summed E-state index contributed by atoms with van der Waals surface area (Å²) >= 11 is 0. The number of benzene rings is 1. The molecule has 0 fully saturated rings. The number of hydrogen-bond donors (Lipinski definition) is 2. The lowest BCUT2D eigenvalue weighted by Crippen LogP contribution is -2.50. The van der Waals surface area contributed by atoms with Crippen LogP contribution < -0.4 is 11.1 Å². The monoisotopic (exact) mass is 272 g/mol. The Bertz CT molecular complexity index is 575. The van der Waals surface area contributed by atoms with Crippen molar-refractivity contribution in [1.29, 1.82) is 0 Å². The molecule has 1 amide bonds. The van der Waals surface area contributed by atoms with Gasteiger partial charge in [0.1, 0.15) is 0 Å². The van der Waals surface area contributed by atoms with Crippen LogP contribution in [0.1, 0.15) is 25.0 Å². The molecule has 0 aliphatic carbocycles. The van der Waals surface area contributed by atoms with E-state index in [0.717, 1.165) is 12.1 Å². The Labute approximate surface area is 118 Å². The second kappa shape index (κ2) is 5.88. The van der Waals surface area contributed by atoms with E-state index in [-0.39, 0.29) is 5.91 Å². The van der Waals surface area contributed by atoms with Crippen LogP contribution in [-0.4, -0.2) is 21.2 Å². The maximum atomic E-state index is 11.2. The summed E-state index contributed by atoms with van der Waals surface area (Å²) in [5.74, 6) is -0.367. The zero-order valence-corrected chi connectivity index (χ0v) is 11.8. The summed E-state index contributed by atoms with van der Waals surface area (Å²) in [4.78, 5) is 11.2. The topological polar surface area (TPSA) is 72.9 Å². The number of nitrogens with zero attached hydrogens (tertiary/aromatic N) is 2. The maximum Gasteiger partial charge on any atom is 0.237 e. The predicted molar refractivity (Wildman–Crippen MR) is 77.9 cm³/mol. The fourth-order valence-corrected chi connectivity index (χ4v) is 1.76. The molecule has 0 radical (unpaired) electrons. The van der Waals surface area contributed by atoms with Gasteiger partial charge in [0.25, 0.3) is 0 Å². The second-order valence-electron chi connectivity index (χ2n) is 5.37. The molecule has 0 aliphatic heterocycles. The molecule has 106 valence electrons. The first-order valence-electron chi connectivity index (χ1n) is 6.57. The van der Waals surface area contributed by atoms with E-state index in [2.05, 4.69) is 22.5 Å². The number of nitrogens with two attached hydrogens (primary N) is 1. The number of amides is 1. The zero-order chi connectivity index (χ0) is 14.6. The molecule has 5 heteroatoms. The number of rotatable bonds is 6. The van der Waals surface area contributed by atoms with Crippen molar-refractivity contribution in [2.75, 3.05) is 0 Å². The summed E-state index contributed by atoms with van der Waals surface area (Å²) in [5.41, 5.74) is 6.82. The highest BCUT2D eigenvalue weighted by Gasteiger charge is 2.23. The zero-order valence-electron chi connectivity index (χ0n) is 11.8. The van der Waals surface area contributed by atoms with Crippen LogP contribution in [0.4, 0.5) is 0 Å². The number of carbonyl (C=O) groups is 1. The minimum Gasteiger partial charge on any atom is -0.368 e. The Morgan fingerprint density at radius 3 is 2.65 bits per heavy atom. The third-order valence-corrected chi connectivity index (χ3v) is 3.22. The van der Waals surface area contributed by atoms with Crippen molar-refractivity contribution in [3.63, 3.8) is 0 Å². The molecule has 0 atom stereocenters. The molecule has 0 bridgehead atoms. The van der Waals surface area contributed by atoms with Crippen LogP contribution in [0, 0.1) is 0 Å². The molecule has 0 aliphatic rings. The SMILES string of the molecule is CC(C)(NCc1cnn(Cc2ccccc2)c1)C(N)=O. The summed E-state index contributed by atoms with van der Waals surface area (Å²) in [7, 11) is 0. The van der Waals surface area contributed by atoms with Crippen molar-refractivity contribution in [2.24, 2.45) is 5.73 Å². The van der Waals surface area contributed by atoms with E-state index in [0.29, 0.717) is 6.54 Å². The first-order chi connectivity index (χ1) is 9.47. The Hall–Kier alpha value is -2.14. The summed E-state index contributed by atoms with van der Waals surface area (Å²) in [6.07, 6.45) is 3.77. The van der Waals surface area contributed by atoms with Crippen LogP contribution >= 0.6 is 0 Å². The molecule has 1 heterocycles. The normalized spacial score (nSPS) is 11.5. The van der Waals surface area contributed by atoms with E-state index in [4.69, 9.17) is 5.73 Å². The number of carbonyl (C=O) groups excluding carboxylic acids is 1. The van der Waals surface area contributed by atoms with Crippen LogP contribution in [0.25, 0.3) is 0 Å². The quantitative estimate of drug-likeness (QED) is 0.832. The number of primary amides is 1. The van der Waals surface area contributed by atoms with Gasteiger partial charge in [-0.1, -0.05) is 30.3 Å². The van der Waals surface area contributed by atoms with Crippen LogP contribution in [0.2, 0.25) is 0 Å². The first kappa shape index (κ1) is 14.3. The van der Waals surface area contributed by atoms with Crippen molar-refractivity contribution in [2.45, 2.75) is 32.5 Å². The number of aromatic nitrogens is 2. The van der Waals surface area contributed by atoms with E-state index < -0.39 is 5.54 Å². The lowest BCUT2D eigenvalue weighted by molar-refractivity contribution is -0.123. The third-order valence-electron chi connectivity index (χ3n) is 3.22. The maximum absolute atomic E-state index is 11.2. The van der Waals surface area contributed by atoms with E-state index >= 15 is 0 Å². The van der Waals surface area contributed by atoms with Gasteiger partial charge < -0.3 is 5.73 Å². The molecule has 2 aromatic rings. The van der Waals surface area contributed by atoms with Crippen molar-refractivity contribution in [3.8, 4) is 0 Å². The molecule has 3 N–H and O–H groups in total. The molecule has 0 spiro atoms. The van der Waals surface area contributed by atoms with Gasteiger partial charge in [-0.2, -0.15) is 5.10 Å². The number of nitrogens with one attached hydrogen (secondary N) is 1. The van der Waals surface area contributed by atoms with Crippen LogP contribution in [-0.2, 0) is 17.9 Å². The summed E-state index contributed by atoms with van der Waals surface area (Å²) in [5, 5.41) is 7.44. The minimum atomic E-state index is -0.721. The van der Waals surface area contributed by atoms with E-state index in [1.165, 1.54) is 5.56 Å². The molecule has 0 saturated carbocycles. The van der Waals surface area contributed by atoms with Crippen molar-refractivity contribution >= 4 is 5.91 Å². The molecule has 1 aromatic heterocycles. The van der Waals surface area contributed by atoms with Gasteiger partial charge in [0.05, 0.1) is 18.3 Å². The lowest BCUT2D eigenvalue weighted by atomic mass is 10.1. The second-order valence-corrected chi connectivity index (χ2v) is 5.37. The van der Waals surface area contributed by atoms with Gasteiger partial charge in [-0.25, -0.2) is 0 Å². The minimum absolute atomic E-state index is 0.367. The Balaban J connectivity index is 1.94. The smallest absolute Gasteiger partial charge is 0.237 e. The highest BCUT2D eigenvalue weighted by molar-refractivity contribution is 5.83. The molecule has 5 nitrogen and oxygen atoms in total. The van der Waals surface area contributed by atoms with Crippen molar-refractivity contribution in [1.82, 2.24) is 15.1 Å². The highest BCUT2D eigenvalue weighted by Crippen LogP contribution is 2.06. The van der Waals surface area contributed by atoms with Gasteiger partial charge in [0.15, 0.2) is 0 Å². The molecule has 20 heavy (non-hydrogen) atoms. The fourth-order valence-electron chi connectivity index (χ4n) is 1.76. The average Bonchev–Trinajstić information content (AvgIpc) is 2.85. The van der Waals surface area contributed by atoms with Gasteiger partial charge in [-0.3, -0.25) is 14.8 Å². The highest BCUT2D eigenvalue weighted by atomic mass is 16.1. The summed E-state index contributed by atoms with van der Waals surface area (Å²) in [6.45, 7) is 4.83. The van der Waals surface area contributed by atoms with Crippen molar-refractivity contribution in [3.05, 3.63) is 53.9 Å². The predicted octanol–water partition coefficient (Wildman–Crippen LogP) is 1.28.